The zero-order chi connectivity index (χ0) is 46.7. The Bertz CT molecular complexity index is 2890. The van der Waals surface area contributed by atoms with Gasteiger partial charge in [0.2, 0.25) is 0 Å². The topological polar surface area (TPSA) is 93.2 Å². The van der Waals surface area contributed by atoms with Gasteiger partial charge in [0.05, 0.1) is 22.3 Å². The first-order chi connectivity index (χ1) is 33.4. The van der Waals surface area contributed by atoms with Crippen molar-refractivity contribution < 1.29 is 28.7 Å². The fraction of sp³-hybridized carbons (Fsp3) is 0.167. The van der Waals surface area contributed by atoms with E-state index in [9.17, 15) is 0 Å². The Kier molecular flexibility index (Phi) is 12.2. The molecule has 336 valence electrons. The van der Waals surface area contributed by atoms with Crippen LogP contribution in [-0.4, -0.2) is 46.5 Å². The van der Waals surface area contributed by atoms with Crippen molar-refractivity contribution in [2.24, 2.45) is 0 Å². The molecule has 8 aromatic rings. The van der Waals surface area contributed by atoms with Gasteiger partial charge in [-0.3, -0.25) is 29.0 Å². The Morgan fingerprint density at radius 3 is 0.956 bits per heavy atom. The lowest BCUT2D eigenvalue weighted by atomic mass is 9.84. The van der Waals surface area contributed by atoms with E-state index in [1.807, 2.05) is 158 Å². The standard InChI is InChI=1S/C60H50N2O6/c1-3-5-19-35-61-57(63)47-37-50(68-56-45(41-27-15-9-16-28-41)33-22-34-46(56)42-29-17-10-18-30-42)54-52-48(58(64)62(60(54)66)36-20-6-4-2)38-49(53(51(47)52)59(61)65)67-55-43(39-23-11-7-12-24-39)31-21-32-44(55)40-25-13-8-14-26-40/h7-18,21-34,37-38H,3-6,19-20,35-36H2,1-2H3. The number of rotatable bonds is 16. The van der Waals surface area contributed by atoms with Crippen molar-refractivity contribution in [2.75, 3.05) is 13.1 Å². The van der Waals surface area contributed by atoms with Crippen molar-refractivity contribution in [2.45, 2.75) is 52.4 Å². The van der Waals surface area contributed by atoms with Gasteiger partial charge in [0.15, 0.2) is 0 Å². The van der Waals surface area contributed by atoms with Crippen LogP contribution < -0.4 is 9.47 Å². The predicted octanol–water partition coefficient (Wildman–Crippen LogP) is 14.7. The maximum absolute atomic E-state index is 15.3. The van der Waals surface area contributed by atoms with Crippen molar-refractivity contribution in [3.05, 3.63) is 192 Å². The number of benzene rings is 8. The highest BCUT2D eigenvalue weighted by atomic mass is 16.5. The third-order valence-electron chi connectivity index (χ3n) is 13.0. The van der Waals surface area contributed by atoms with Crippen LogP contribution in [0.1, 0.15) is 93.8 Å². The van der Waals surface area contributed by atoms with Gasteiger partial charge in [0.1, 0.15) is 23.0 Å². The average molecular weight is 895 g/mol. The van der Waals surface area contributed by atoms with Gasteiger partial charge in [0.25, 0.3) is 23.6 Å². The number of nitrogens with zero attached hydrogens (tertiary/aromatic N) is 2. The SMILES string of the molecule is CCCCCN1C(=O)c2cc(Oc3c(-c4ccccc4)cccc3-c3ccccc3)c3c4c(cc(Oc5c(-c6ccccc6)cccc5-c5ccccc5)c(c24)C1=O)C(=O)N(CCCCC)C3=O. The van der Waals surface area contributed by atoms with E-state index in [0.717, 1.165) is 70.2 Å². The Labute approximate surface area is 396 Å². The number of para-hydroxylation sites is 2. The highest BCUT2D eigenvalue weighted by molar-refractivity contribution is 6.35. The van der Waals surface area contributed by atoms with Gasteiger partial charge >= 0.3 is 0 Å². The molecule has 8 nitrogen and oxygen atoms in total. The fourth-order valence-corrected chi connectivity index (χ4v) is 9.59. The van der Waals surface area contributed by atoms with E-state index in [1.54, 1.807) is 12.1 Å². The van der Waals surface area contributed by atoms with Crippen LogP contribution in [-0.2, 0) is 0 Å². The lowest BCUT2D eigenvalue weighted by Crippen LogP contribution is -2.44. The molecule has 2 aliphatic heterocycles. The predicted molar refractivity (Wildman–Crippen MR) is 269 cm³/mol. The Morgan fingerprint density at radius 2 is 0.662 bits per heavy atom. The number of unbranched alkanes of at least 4 members (excludes halogenated alkanes) is 4. The van der Waals surface area contributed by atoms with Crippen LogP contribution in [0, 0.1) is 0 Å². The van der Waals surface area contributed by atoms with Crippen LogP contribution in [0.15, 0.2) is 170 Å². The third-order valence-corrected chi connectivity index (χ3v) is 13.0. The van der Waals surface area contributed by atoms with Gasteiger partial charge in [0, 0.05) is 46.1 Å². The monoisotopic (exact) mass is 894 g/mol. The van der Waals surface area contributed by atoms with Gasteiger partial charge in [-0.05, 0) is 47.2 Å². The van der Waals surface area contributed by atoms with Crippen LogP contribution in [0.3, 0.4) is 0 Å². The first kappa shape index (κ1) is 43.8. The van der Waals surface area contributed by atoms with E-state index < -0.39 is 23.6 Å². The Hall–Kier alpha value is -8.10. The number of imide groups is 2. The molecule has 8 heteroatoms. The highest BCUT2D eigenvalue weighted by Crippen LogP contribution is 2.51. The lowest BCUT2D eigenvalue weighted by molar-refractivity contribution is 0.0583. The molecular formula is C60H50N2O6. The fourth-order valence-electron chi connectivity index (χ4n) is 9.59. The van der Waals surface area contributed by atoms with Crippen molar-refractivity contribution in [3.63, 3.8) is 0 Å². The summed E-state index contributed by atoms with van der Waals surface area (Å²) in [6, 6.07) is 54.5. The summed E-state index contributed by atoms with van der Waals surface area (Å²) < 4.78 is 14.3. The van der Waals surface area contributed by atoms with Gasteiger partial charge in [-0.2, -0.15) is 0 Å². The molecule has 4 amide bonds. The largest absolute Gasteiger partial charge is 0.455 e. The van der Waals surface area contributed by atoms with Crippen molar-refractivity contribution >= 4 is 34.4 Å². The van der Waals surface area contributed by atoms with E-state index in [0.29, 0.717) is 24.3 Å². The lowest BCUT2D eigenvalue weighted by Gasteiger charge is -2.34. The number of hydrogen-bond acceptors (Lipinski definition) is 6. The molecule has 0 aliphatic carbocycles. The van der Waals surface area contributed by atoms with Crippen LogP contribution in [0.4, 0.5) is 0 Å². The molecule has 0 saturated carbocycles. The summed E-state index contributed by atoms with van der Waals surface area (Å²) >= 11 is 0. The molecule has 8 aromatic carbocycles. The van der Waals surface area contributed by atoms with E-state index in [-0.39, 0.29) is 57.6 Å². The number of carbonyl (C=O) groups is 4. The molecule has 0 unspecified atom stereocenters. The van der Waals surface area contributed by atoms with E-state index >= 15 is 19.2 Å². The minimum Gasteiger partial charge on any atom is -0.455 e. The minimum absolute atomic E-state index is 0.110. The molecule has 0 bridgehead atoms. The van der Waals surface area contributed by atoms with Crippen LogP contribution in [0.5, 0.6) is 23.0 Å². The van der Waals surface area contributed by atoms with Gasteiger partial charge < -0.3 is 9.47 Å². The van der Waals surface area contributed by atoms with Crippen molar-refractivity contribution in [1.29, 1.82) is 0 Å². The van der Waals surface area contributed by atoms with E-state index in [4.69, 9.17) is 9.47 Å². The first-order valence-corrected chi connectivity index (χ1v) is 23.6. The highest BCUT2D eigenvalue weighted by Gasteiger charge is 2.44. The van der Waals surface area contributed by atoms with Crippen LogP contribution in [0.25, 0.3) is 55.3 Å². The molecule has 68 heavy (non-hydrogen) atoms. The molecule has 2 aliphatic rings. The van der Waals surface area contributed by atoms with Crippen LogP contribution >= 0.6 is 0 Å². The van der Waals surface area contributed by atoms with Gasteiger partial charge in [-0.15, -0.1) is 0 Å². The second-order valence-corrected chi connectivity index (χ2v) is 17.3. The molecule has 0 atom stereocenters. The first-order valence-electron chi connectivity index (χ1n) is 23.6. The molecule has 10 rings (SSSR count). The summed E-state index contributed by atoms with van der Waals surface area (Å²) in [5, 5.41) is 0.407. The second-order valence-electron chi connectivity index (χ2n) is 17.3. The van der Waals surface area contributed by atoms with Crippen LogP contribution in [0.2, 0.25) is 0 Å². The number of hydrogen-bond donors (Lipinski definition) is 0. The Morgan fingerprint density at radius 1 is 0.353 bits per heavy atom. The molecule has 2 heterocycles. The number of amides is 4. The number of ether oxygens (including phenoxy) is 2. The third kappa shape index (κ3) is 7.91. The smallest absolute Gasteiger partial charge is 0.265 e. The zero-order valence-corrected chi connectivity index (χ0v) is 38.2. The van der Waals surface area contributed by atoms with Gasteiger partial charge in [-0.1, -0.05) is 197 Å². The summed E-state index contributed by atoms with van der Waals surface area (Å²) in [5.74, 6) is -0.986. The van der Waals surface area contributed by atoms with Gasteiger partial charge in [-0.25, -0.2) is 0 Å². The van der Waals surface area contributed by atoms with Crippen molar-refractivity contribution in [3.8, 4) is 67.5 Å². The summed E-state index contributed by atoms with van der Waals surface area (Å²) in [5.41, 5.74) is 7.14. The maximum Gasteiger partial charge on any atom is 0.265 e. The summed E-state index contributed by atoms with van der Waals surface area (Å²) in [7, 11) is 0. The summed E-state index contributed by atoms with van der Waals surface area (Å²) in [6.45, 7) is 4.47. The quantitative estimate of drug-likeness (QED) is 0.0708. The summed E-state index contributed by atoms with van der Waals surface area (Å²) in [6.07, 6.45) is 4.54. The van der Waals surface area contributed by atoms with Crippen molar-refractivity contribution in [1.82, 2.24) is 9.80 Å². The molecular weight excluding hydrogens is 845 g/mol. The maximum atomic E-state index is 15.3. The Balaban J connectivity index is 1.27. The minimum atomic E-state index is -0.552. The molecule has 0 fully saturated rings. The number of carbonyl (C=O) groups excluding carboxylic acids is 4. The normalized spacial score (nSPS) is 13.1. The molecule has 0 radical (unpaired) electrons. The summed E-state index contributed by atoms with van der Waals surface area (Å²) in [4.78, 5) is 63.3. The average Bonchev–Trinajstić information content (AvgIpc) is 3.38. The molecule has 0 spiro atoms. The second kappa shape index (κ2) is 19.0. The molecule has 0 aromatic heterocycles. The van der Waals surface area contributed by atoms with E-state index in [2.05, 4.69) is 13.8 Å². The zero-order valence-electron chi connectivity index (χ0n) is 38.2. The molecule has 0 N–H and O–H groups in total. The molecule has 0 saturated heterocycles. The van der Waals surface area contributed by atoms with E-state index in [1.165, 1.54) is 9.80 Å².